The fourth-order valence-corrected chi connectivity index (χ4v) is 2.99. The Kier molecular flexibility index (Phi) is 3.56. The third-order valence-electron chi connectivity index (χ3n) is 3.86. The molecule has 23 heavy (non-hydrogen) atoms. The summed E-state index contributed by atoms with van der Waals surface area (Å²) in [5.41, 5.74) is 2.61. The van der Waals surface area contributed by atoms with Gasteiger partial charge in [0.25, 0.3) is 5.91 Å². The van der Waals surface area contributed by atoms with Crippen molar-refractivity contribution < 1.29 is 13.9 Å². The van der Waals surface area contributed by atoms with Gasteiger partial charge in [-0.2, -0.15) is 0 Å². The molecule has 1 aromatic heterocycles. The summed E-state index contributed by atoms with van der Waals surface area (Å²) in [6.07, 6.45) is 1.78. The Balaban J connectivity index is 0.00000156. The van der Waals surface area contributed by atoms with E-state index in [1.807, 2.05) is 19.1 Å². The SMILES string of the molecule is C.CCOc1cc(-c2ccc[nH]2)c2c3c(ccc(F)c13)NC2=O. The van der Waals surface area contributed by atoms with Crippen molar-refractivity contribution in [3.05, 3.63) is 47.9 Å². The van der Waals surface area contributed by atoms with E-state index < -0.39 is 5.82 Å². The number of amides is 1. The third kappa shape index (κ3) is 2.08. The zero-order valence-electron chi connectivity index (χ0n) is 11.9. The van der Waals surface area contributed by atoms with Crippen LogP contribution in [-0.4, -0.2) is 17.5 Å². The molecule has 4 nitrogen and oxygen atoms in total. The molecule has 0 saturated heterocycles. The molecule has 0 fully saturated rings. The van der Waals surface area contributed by atoms with Gasteiger partial charge in [-0.25, -0.2) is 4.39 Å². The third-order valence-corrected chi connectivity index (χ3v) is 3.86. The Morgan fingerprint density at radius 2 is 2.04 bits per heavy atom. The summed E-state index contributed by atoms with van der Waals surface area (Å²) in [7, 11) is 0. The van der Waals surface area contributed by atoms with Crippen LogP contribution in [0.15, 0.2) is 36.5 Å². The maximum Gasteiger partial charge on any atom is 0.257 e. The number of anilines is 1. The van der Waals surface area contributed by atoms with Crippen molar-refractivity contribution in [2.24, 2.45) is 0 Å². The molecule has 0 radical (unpaired) electrons. The standard InChI is InChI=1S/C17H13FN2O2.CH4/c1-2-22-13-8-9(11-4-3-7-19-11)14-16-12(20-17(14)21)6-5-10(18)15(13)16;/h3-8,19H,2H2,1H3,(H,20,21);1H4. The van der Waals surface area contributed by atoms with Crippen LogP contribution >= 0.6 is 0 Å². The second kappa shape index (κ2) is 5.43. The number of rotatable bonds is 3. The predicted octanol–water partition coefficient (Wildman–Crippen LogP) is 4.57. The lowest BCUT2D eigenvalue weighted by atomic mass is 9.96. The minimum absolute atomic E-state index is 0. The van der Waals surface area contributed by atoms with Gasteiger partial charge in [-0.3, -0.25) is 4.79 Å². The van der Waals surface area contributed by atoms with Gasteiger partial charge in [0.15, 0.2) is 0 Å². The summed E-state index contributed by atoms with van der Waals surface area (Å²) >= 11 is 0. The fraction of sp³-hybridized carbons (Fsp3) is 0.167. The second-order valence-electron chi connectivity index (χ2n) is 5.11. The average Bonchev–Trinajstić information content (AvgIpc) is 3.13. The Morgan fingerprint density at radius 3 is 2.74 bits per heavy atom. The van der Waals surface area contributed by atoms with E-state index in [2.05, 4.69) is 10.3 Å². The summed E-state index contributed by atoms with van der Waals surface area (Å²) in [4.78, 5) is 15.4. The van der Waals surface area contributed by atoms with Crippen LogP contribution in [0.25, 0.3) is 22.0 Å². The van der Waals surface area contributed by atoms with Crippen LogP contribution in [0.4, 0.5) is 10.1 Å². The largest absolute Gasteiger partial charge is 0.493 e. The molecule has 2 heterocycles. The number of carbonyl (C=O) groups is 1. The van der Waals surface area contributed by atoms with Crippen LogP contribution in [0.1, 0.15) is 24.7 Å². The van der Waals surface area contributed by atoms with E-state index in [4.69, 9.17) is 4.74 Å². The van der Waals surface area contributed by atoms with Crippen molar-refractivity contribution in [3.63, 3.8) is 0 Å². The molecule has 0 atom stereocenters. The highest BCUT2D eigenvalue weighted by Gasteiger charge is 2.29. The van der Waals surface area contributed by atoms with Crippen molar-refractivity contribution in [2.75, 3.05) is 11.9 Å². The molecule has 0 aliphatic carbocycles. The van der Waals surface area contributed by atoms with Gasteiger partial charge in [-0.1, -0.05) is 7.43 Å². The number of hydrogen-bond acceptors (Lipinski definition) is 2. The van der Waals surface area contributed by atoms with Gasteiger partial charge in [0, 0.05) is 22.8 Å². The van der Waals surface area contributed by atoms with Gasteiger partial charge in [0.05, 0.1) is 23.2 Å². The molecular weight excluding hydrogens is 295 g/mol. The smallest absolute Gasteiger partial charge is 0.257 e. The van der Waals surface area contributed by atoms with Crippen LogP contribution in [0.2, 0.25) is 0 Å². The quantitative estimate of drug-likeness (QED) is 0.744. The van der Waals surface area contributed by atoms with Crippen LogP contribution < -0.4 is 10.1 Å². The molecule has 1 amide bonds. The molecule has 0 unspecified atom stereocenters. The summed E-state index contributed by atoms with van der Waals surface area (Å²) in [6, 6.07) is 8.39. The molecule has 3 aromatic rings. The molecule has 118 valence electrons. The highest BCUT2D eigenvalue weighted by molar-refractivity contribution is 6.27. The maximum absolute atomic E-state index is 14.3. The molecule has 0 bridgehead atoms. The topological polar surface area (TPSA) is 54.1 Å². The van der Waals surface area contributed by atoms with Gasteiger partial charge < -0.3 is 15.0 Å². The number of H-pyrrole nitrogens is 1. The first kappa shape index (κ1) is 15.1. The maximum atomic E-state index is 14.3. The number of aromatic nitrogens is 1. The van der Waals surface area contributed by atoms with E-state index in [-0.39, 0.29) is 13.3 Å². The summed E-state index contributed by atoms with van der Waals surface area (Å²) < 4.78 is 20.0. The van der Waals surface area contributed by atoms with Crippen molar-refractivity contribution in [2.45, 2.75) is 14.4 Å². The minimum atomic E-state index is -0.391. The molecule has 1 aliphatic heterocycles. The zero-order valence-corrected chi connectivity index (χ0v) is 11.9. The lowest BCUT2D eigenvalue weighted by molar-refractivity contribution is 0.103. The van der Waals surface area contributed by atoms with E-state index in [1.54, 1.807) is 18.3 Å². The first-order valence-electron chi connectivity index (χ1n) is 7.08. The molecule has 4 rings (SSSR count). The summed E-state index contributed by atoms with van der Waals surface area (Å²) in [5, 5.41) is 3.73. The highest BCUT2D eigenvalue weighted by atomic mass is 19.1. The van der Waals surface area contributed by atoms with E-state index in [0.717, 1.165) is 5.69 Å². The van der Waals surface area contributed by atoms with E-state index >= 15 is 0 Å². The number of hydrogen-bond donors (Lipinski definition) is 2. The van der Waals surface area contributed by atoms with Crippen LogP contribution in [0.5, 0.6) is 5.75 Å². The van der Waals surface area contributed by atoms with Crippen LogP contribution in [0, 0.1) is 5.82 Å². The lowest BCUT2D eigenvalue weighted by Crippen LogP contribution is -2.06. The first-order chi connectivity index (χ1) is 10.7. The molecule has 0 saturated carbocycles. The van der Waals surface area contributed by atoms with Gasteiger partial charge in [0.2, 0.25) is 0 Å². The summed E-state index contributed by atoms with van der Waals surface area (Å²) in [6.45, 7) is 2.27. The first-order valence-corrected chi connectivity index (χ1v) is 7.08. The average molecular weight is 312 g/mol. The number of halogens is 1. The Labute approximate surface area is 133 Å². The van der Waals surface area contributed by atoms with Crippen molar-refractivity contribution in [3.8, 4) is 17.0 Å². The highest BCUT2D eigenvalue weighted by Crippen LogP contribution is 2.44. The molecule has 2 aromatic carbocycles. The Morgan fingerprint density at radius 1 is 1.22 bits per heavy atom. The van der Waals surface area contributed by atoms with Gasteiger partial charge in [0.1, 0.15) is 11.6 Å². The van der Waals surface area contributed by atoms with Gasteiger partial charge in [-0.05, 0) is 37.3 Å². The molecule has 0 spiro atoms. The number of aromatic amines is 1. The van der Waals surface area contributed by atoms with Crippen molar-refractivity contribution >= 4 is 22.4 Å². The minimum Gasteiger partial charge on any atom is -0.493 e. The fourth-order valence-electron chi connectivity index (χ4n) is 2.99. The lowest BCUT2D eigenvalue weighted by Gasteiger charge is -2.12. The number of ether oxygens (including phenoxy) is 1. The van der Waals surface area contributed by atoms with Crippen molar-refractivity contribution in [1.29, 1.82) is 0 Å². The predicted molar refractivity (Wildman–Crippen MR) is 89.5 cm³/mol. The Hall–Kier alpha value is -2.82. The van der Waals surface area contributed by atoms with Crippen LogP contribution in [0.3, 0.4) is 0 Å². The number of nitrogens with one attached hydrogen (secondary N) is 2. The molecule has 2 N–H and O–H groups in total. The van der Waals surface area contributed by atoms with E-state index in [1.165, 1.54) is 6.07 Å². The van der Waals surface area contributed by atoms with E-state index in [0.29, 0.717) is 39.9 Å². The van der Waals surface area contributed by atoms with Crippen LogP contribution in [-0.2, 0) is 0 Å². The monoisotopic (exact) mass is 312 g/mol. The number of benzene rings is 2. The van der Waals surface area contributed by atoms with Crippen molar-refractivity contribution in [1.82, 2.24) is 4.98 Å². The Bertz CT molecular complexity index is 901. The number of carbonyl (C=O) groups excluding carboxylic acids is 1. The van der Waals surface area contributed by atoms with Gasteiger partial charge >= 0.3 is 0 Å². The molecule has 1 aliphatic rings. The normalized spacial score (nSPS) is 12.2. The molecule has 5 heteroatoms. The second-order valence-corrected chi connectivity index (χ2v) is 5.11. The summed E-state index contributed by atoms with van der Waals surface area (Å²) in [5.74, 6) is -0.169. The zero-order chi connectivity index (χ0) is 15.3. The molecular formula is C18H17FN2O2. The van der Waals surface area contributed by atoms with Gasteiger partial charge in [-0.15, -0.1) is 0 Å². The van der Waals surface area contributed by atoms with E-state index in [9.17, 15) is 9.18 Å².